The number of aromatic nitrogens is 3. The molecule has 0 saturated carbocycles. The van der Waals surface area contributed by atoms with Crippen LogP contribution in [0, 0.1) is 12.7 Å². The maximum Gasteiger partial charge on any atom is 0.174 e. The maximum atomic E-state index is 14.0. The largest absolute Gasteiger partial charge is 0.351 e. The van der Waals surface area contributed by atoms with Crippen LogP contribution < -0.4 is 10.2 Å². The molecular weight excluding hydrogens is 421 g/mol. The van der Waals surface area contributed by atoms with E-state index in [0.717, 1.165) is 22.6 Å². The van der Waals surface area contributed by atoms with Crippen LogP contribution in [0.5, 0.6) is 0 Å². The number of nitrogens with zero attached hydrogens (tertiary/aromatic N) is 4. The first-order valence-electron chi connectivity index (χ1n) is 10.4. The number of pyridine rings is 2. The average molecular weight is 444 g/mol. The number of thiocarbonyl (C=S) groups is 1. The van der Waals surface area contributed by atoms with E-state index in [0.29, 0.717) is 17.2 Å². The van der Waals surface area contributed by atoms with Gasteiger partial charge in [0.25, 0.3) is 0 Å². The third-order valence-corrected chi connectivity index (χ3v) is 6.08. The van der Waals surface area contributed by atoms with E-state index in [4.69, 9.17) is 12.2 Å². The fourth-order valence-electron chi connectivity index (χ4n) is 4.24. The van der Waals surface area contributed by atoms with Gasteiger partial charge in [-0.15, -0.1) is 0 Å². The highest BCUT2D eigenvalue weighted by Crippen LogP contribution is 2.42. The molecule has 7 heteroatoms. The fourth-order valence-corrected chi connectivity index (χ4v) is 4.59. The first-order chi connectivity index (χ1) is 15.6. The van der Waals surface area contributed by atoms with E-state index in [9.17, 15) is 4.39 Å². The van der Waals surface area contributed by atoms with E-state index in [1.54, 1.807) is 25.4 Å². The molecule has 1 saturated heterocycles. The molecule has 4 aromatic rings. The first kappa shape index (κ1) is 20.3. The van der Waals surface area contributed by atoms with Gasteiger partial charge in [0.2, 0.25) is 0 Å². The number of anilines is 1. The Labute approximate surface area is 191 Å². The molecule has 32 heavy (non-hydrogen) atoms. The smallest absolute Gasteiger partial charge is 0.174 e. The van der Waals surface area contributed by atoms with Crippen molar-refractivity contribution in [3.8, 4) is 0 Å². The van der Waals surface area contributed by atoms with Crippen LogP contribution in [0.3, 0.4) is 0 Å². The average Bonchev–Trinajstić information content (AvgIpc) is 3.40. The lowest BCUT2D eigenvalue weighted by atomic mass is 10.0. The second-order valence-electron chi connectivity index (χ2n) is 7.85. The summed E-state index contributed by atoms with van der Waals surface area (Å²) in [7, 11) is 0. The molecule has 1 aliphatic heterocycles. The summed E-state index contributed by atoms with van der Waals surface area (Å²) in [4.78, 5) is 10.9. The zero-order valence-corrected chi connectivity index (χ0v) is 18.3. The topological polar surface area (TPSA) is 46.0 Å². The van der Waals surface area contributed by atoms with Gasteiger partial charge in [0.05, 0.1) is 11.7 Å². The third-order valence-electron chi connectivity index (χ3n) is 5.76. The van der Waals surface area contributed by atoms with E-state index >= 15 is 0 Å². The van der Waals surface area contributed by atoms with Crippen molar-refractivity contribution in [2.75, 3.05) is 4.90 Å². The SMILES string of the molecule is Cc1cc(N2C(=S)N[C@@H](c3ccccn3)[C@@H]2c2cccn2Cc2cccnc2)ccc1F. The summed E-state index contributed by atoms with van der Waals surface area (Å²) in [5.41, 5.74) is 4.52. The summed E-state index contributed by atoms with van der Waals surface area (Å²) in [6.07, 6.45) is 7.50. The Morgan fingerprint density at radius 2 is 1.97 bits per heavy atom. The number of nitrogens with one attached hydrogen (secondary N) is 1. The number of aryl methyl sites for hydroxylation is 1. The van der Waals surface area contributed by atoms with Crippen molar-refractivity contribution in [3.05, 3.63) is 114 Å². The van der Waals surface area contributed by atoms with Gasteiger partial charge in [-0.1, -0.05) is 12.1 Å². The maximum absolute atomic E-state index is 14.0. The van der Waals surface area contributed by atoms with E-state index in [1.807, 2.05) is 42.6 Å². The van der Waals surface area contributed by atoms with Gasteiger partial charge in [0.1, 0.15) is 11.9 Å². The summed E-state index contributed by atoms with van der Waals surface area (Å²) >= 11 is 5.77. The van der Waals surface area contributed by atoms with Crippen molar-refractivity contribution in [1.29, 1.82) is 0 Å². The Hall–Kier alpha value is -3.58. The van der Waals surface area contributed by atoms with E-state index in [2.05, 4.69) is 43.1 Å². The zero-order valence-electron chi connectivity index (χ0n) is 17.5. The molecule has 0 unspecified atom stereocenters. The minimum atomic E-state index is -0.232. The highest BCUT2D eigenvalue weighted by Gasteiger charge is 2.42. The lowest BCUT2D eigenvalue weighted by molar-refractivity contribution is 0.533. The first-order valence-corrected chi connectivity index (χ1v) is 10.8. The molecule has 1 fully saturated rings. The molecule has 0 bridgehead atoms. The summed E-state index contributed by atoms with van der Waals surface area (Å²) in [5.74, 6) is -0.232. The van der Waals surface area contributed by atoms with Crippen molar-refractivity contribution < 1.29 is 4.39 Å². The van der Waals surface area contributed by atoms with Crippen molar-refractivity contribution in [2.24, 2.45) is 0 Å². The molecule has 0 aliphatic carbocycles. The Balaban J connectivity index is 1.61. The molecule has 0 amide bonds. The van der Waals surface area contributed by atoms with Crippen LogP contribution in [-0.4, -0.2) is 19.6 Å². The molecule has 2 atom stereocenters. The van der Waals surface area contributed by atoms with E-state index < -0.39 is 0 Å². The highest BCUT2D eigenvalue weighted by atomic mass is 32.1. The van der Waals surface area contributed by atoms with Gasteiger partial charge in [-0.05, 0) is 78.8 Å². The third kappa shape index (κ3) is 3.76. The molecule has 4 heterocycles. The van der Waals surface area contributed by atoms with Crippen molar-refractivity contribution >= 4 is 23.0 Å². The standard InChI is InChI=1S/C25H22FN5S/c1-17-14-19(9-10-20(17)26)31-24(23(29-25(31)32)21-7-2-3-12-28-21)22-8-5-13-30(22)16-18-6-4-11-27-15-18/h2-15,23-24H,16H2,1H3,(H,29,32)/t23-,24-/m0/s1. The van der Waals surface area contributed by atoms with Crippen molar-refractivity contribution in [3.63, 3.8) is 0 Å². The minimum absolute atomic E-state index is 0.156. The van der Waals surface area contributed by atoms with Crippen LogP contribution in [-0.2, 0) is 6.54 Å². The summed E-state index contributed by atoms with van der Waals surface area (Å²) in [6, 6.07) is 18.8. The molecule has 0 spiro atoms. The number of halogens is 1. The molecule has 3 aromatic heterocycles. The second kappa shape index (κ2) is 8.51. The molecule has 0 radical (unpaired) electrons. The molecule has 1 N–H and O–H groups in total. The summed E-state index contributed by atoms with van der Waals surface area (Å²) < 4.78 is 16.2. The van der Waals surface area contributed by atoms with Crippen LogP contribution in [0.25, 0.3) is 0 Å². The monoisotopic (exact) mass is 443 g/mol. The molecule has 5 rings (SSSR count). The van der Waals surface area contributed by atoms with Gasteiger partial charge in [0, 0.05) is 42.7 Å². The van der Waals surface area contributed by atoms with Gasteiger partial charge >= 0.3 is 0 Å². The number of benzene rings is 1. The van der Waals surface area contributed by atoms with E-state index in [1.165, 1.54) is 6.07 Å². The lowest BCUT2D eigenvalue weighted by Gasteiger charge is -2.29. The van der Waals surface area contributed by atoms with Gasteiger partial charge < -0.3 is 14.8 Å². The minimum Gasteiger partial charge on any atom is -0.351 e. The number of hydrogen-bond acceptors (Lipinski definition) is 3. The fraction of sp³-hybridized carbons (Fsp3) is 0.160. The van der Waals surface area contributed by atoms with Crippen LogP contribution in [0.2, 0.25) is 0 Å². The lowest BCUT2D eigenvalue weighted by Crippen LogP contribution is -2.30. The van der Waals surface area contributed by atoms with Crippen LogP contribution in [0.4, 0.5) is 10.1 Å². The van der Waals surface area contributed by atoms with Crippen LogP contribution in [0.1, 0.15) is 34.6 Å². The Morgan fingerprint density at radius 3 is 2.72 bits per heavy atom. The quantitative estimate of drug-likeness (QED) is 0.442. The predicted molar refractivity (Wildman–Crippen MR) is 127 cm³/mol. The zero-order chi connectivity index (χ0) is 22.1. The Kier molecular flexibility index (Phi) is 5.41. The van der Waals surface area contributed by atoms with Crippen LogP contribution >= 0.6 is 12.2 Å². The van der Waals surface area contributed by atoms with Crippen molar-refractivity contribution in [1.82, 2.24) is 19.9 Å². The molecular formula is C25H22FN5S. The van der Waals surface area contributed by atoms with Crippen LogP contribution in [0.15, 0.2) is 85.5 Å². The number of rotatable bonds is 5. The molecule has 160 valence electrons. The Bertz CT molecular complexity index is 1240. The summed E-state index contributed by atoms with van der Waals surface area (Å²) in [6.45, 7) is 2.45. The van der Waals surface area contributed by atoms with Gasteiger partial charge in [-0.25, -0.2) is 4.39 Å². The van der Waals surface area contributed by atoms with Gasteiger partial charge in [-0.2, -0.15) is 0 Å². The van der Waals surface area contributed by atoms with Gasteiger partial charge in [0.15, 0.2) is 5.11 Å². The highest BCUT2D eigenvalue weighted by molar-refractivity contribution is 7.80. The second-order valence-corrected chi connectivity index (χ2v) is 8.24. The Morgan fingerprint density at radius 1 is 1.06 bits per heavy atom. The number of hydrogen-bond donors (Lipinski definition) is 1. The van der Waals surface area contributed by atoms with Gasteiger partial charge in [-0.3, -0.25) is 9.97 Å². The predicted octanol–water partition coefficient (Wildman–Crippen LogP) is 4.95. The van der Waals surface area contributed by atoms with Crippen molar-refractivity contribution in [2.45, 2.75) is 25.6 Å². The molecule has 1 aromatic carbocycles. The molecule has 5 nitrogen and oxygen atoms in total. The molecule has 1 aliphatic rings. The normalized spacial score (nSPS) is 18.1. The summed E-state index contributed by atoms with van der Waals surface area (Å²) in [5, 5.41) is 4.05. The van der Waals surface area contributed by atoms with E-state index in [-0.39, 0.29) is 17.9 Å².